The third-order valence-electron chi connectivity index (χ3n) is 3.97. The summed E-state index contributed by atoms with van der Waals surface area (Å²) in [6.07, 6.45) is 5.86. The lowest BCUT2D eigenvalue weighted by Crippen LogP contribution is -2.43. The number of aromatic nitrogens is 3. The fourth-order valence-corrected chi connectivity index (χ4v) is 2.95. The predicted octanol–water partition coefficient (Wildman–Crippen LogP) is 2.01. The maximum absolute atomic E-state index is 12.4. The Kier molecular flexibility index (Phi) is 3.26. The minimum Gasteiger partial charge on any atom is -0.341 e. The van der Waals surface area contributed by atoms with Gasteiger partial charge in [0, 0.05) is 7.05 Å². The molecule has 0 radical (unpaired) electrons. The number of carbonyl (C=O) groups is 1. The van der Waals surface area contributed by atoms with Crippen LogP contribution in [-0.4, -0.2) is 20.9 Å². The van der Waals surface area contributed by atoms with Crippen LogP contribution in [0, 0.1) is 0 Å². The van der Waals surface area contributed by atoms with E-state index in [0.717, 1.165) is 25.7 Å². The summed E-state index contributed by atoms with van der Waals surface area (Å²) < 4.78 is 1.54. The quantitative estimate of drug-likeness (QED) is 0.928. The number of nitrogens with one attached hydrogen (secondary N) is 1. The average Bonchev–Trinajstić information content (AvgIpc) is 3.10. The first-order valence-electron chi connectivity index (χ1n) is 6.94. The molecule has 1 aromatic carbocycles. The van der Waals surface area contributed by atoms with Crippen molar-refractivity contribution in [3.8, 4) is 0 Å². The van der Waals surface area contributed by atoms with E-state index in [-0.39, 0.29) is 11.4 Å². The second-order valence-electron chi connectivity index (χ2n) is 5.39. The SMILES string of the molecule is Cn1cc(C(=O)NC2(c3ccccc3)CCCC2)nn1. The number of hydrogen-bond acceptors (Lipinski definition) is 3. The molecule has 104 valence electrons. The zero-order valence-corrected chi connectivity index (χ0v) is 11.5. The summed E-state index contributed by atoms with van der Waals surface area (Å²) in [5, 5.41) is 10.9. The number of aryl methyl sites for hydroxylation is 1. The minimum absolute atomic E-state index is 0.149. The van der Waals surface area contributed by atoms with Gasteiger partial charge in [-0.25, -0.2) is 0 Å². The topological polar surface area (TPSA) is 59.8 Å². The molecule has 0 spiro atoms. The first kappa shape index (κ1) is 12.8. The number of nitrogens with zero attached hydrogens (tertiary/aromatic N) is 3. The smallest absolute Gasteiger partial charge is 0.274 e. The Morgan fingerprint density at radius 1 is 1.25 bits per heavy atom. The van der Waals surface area contributed by atoms with Crippen LogP contribution in [0.1, 0.15) is 41.7 Å². The molecule has 0 unspecified atom stereocenters. The third-order valence-corrected chi connectivity index (χ3v) is 3.97. The van der Waals surface area contributed by atoms with E-state index in [9.17, 15) is 4.79 Å². The Morgan fingerprint density at radius 2 is 1.95 bits per heavy atom. The van der Waals surface area contributed by atoms with Crippen molar-refractivity contribution in [2.45, 2.75) is 31.2 Å². The van der Waals surface area contributed by atoms with E-state index in [4.69, 9.17) is 0 Å². The first-order chi connectivity index (χ1) is 9.70. The first-order valence-corrected chi connectivity index (χ1v) is 6.94. The summed E-state index contributed by atoms with van der Waals surface area (Å²) in [5.74, 6) is -0.149. The van der Waals surface area contributed by atoms with Gasteiger partial charge in [-0.3, -0.25) is 9.48 Å². The number of carbonyl (C=O) groups excluding carboxylic acids is 1. The fourth-order valence-electron chi connectivity index (χ4n) is 2.95. The van der Waals surface area contributed by atoms with Crippen LogP contribution >= 0.6 is 0 Å². The Labute approximate surface area is 118 Å². The van der Waals surface area contributed by atoms with Gasteiger partial charge >= 0.3 is 0 Å². The van der Waals surface area contributed by atoms with E-state index in [2.05, 4.69) is 27.8 Å². The summed E-state index contributed by atoms with van der Waals surface area (Å²) in [6, 6.07) is 10.2. The van der Waals surface area contributed by atoms with Crippen molar-refractivity contribution in [2.75, 3.05) is 0 Å². The van der Waals surface area contributed by atoms with Gasteiger partial charge in [0.05, 0.1) is 11.7 Å². The normalized spacial score (nSPS) is 17.1. The second kappa shape index (κ2) is 5.07. The number of rotatable bonds is 3. The lowest BCUT2D eigenvalue weighted by atomic mass is 9.88. The summed E-state index contributed by atoms with van der Waals surface area (Å²) in [4.78, 5) is 12.4. The van der Waals surface area contributed by atoms with Crippen LogP contribution in [0.5, 0.6) is 0 Å². The molecule has 3 rings (SSSR count). The van der Waals surface area contributed by atoms with Crippen molar-refractivity contribution in [2.24, 2.45) is 7.05 Å². The molecular weight excluding hydrogens is 252 g/mol. The highest BCUT2D eigenvalue weighted by atomic mass is 16.2. The average molecular weight is 270 g/mol. The molecule has 5 heteroatoms. The second-order valence-corrected chi connectivity index (χ2v) is 5.39. The number of amides is 1. The van der Waals surface area contributed by atoms with Gasteiger partial charge in [-0.2, -0.15) is 0 Å². The molecule has 1 aromatic heterocycles. The van der Waals surface area contributed by atoms with Gasteiger partial charge in [-0.05, 0) is 18.4 Å². The van der Waals surface area contributed by atoms with Crippen LogP contribution in [0.4, 0.5) is 0 Å². The Morgan fingerprint density at radius 3 is 2.55 bits per heavy atom. The molecule has 2 aromatic rings. The molecule has 0 aliphatic heterocycles. The van der Waals surface area contributed by atoms with E-state index in [1.165, 1.54) is 5.56 Å². The zero-order chi connectivity index (χ0) is 14.0. The molecule has 0 bridgehead atoms. The maximum Gasteiger partial charge on any atom is 0.274 e. The standard InChI is InChI=1S/C15H18N4O/c1-19-11-13(17-18-19)14(20)16-15(9-5-6-10-15)12-7-3-2-4-8-12/h2-4,7-8,11H,5-6,9-10H2,1H3,(H,16,20). The van der Waals surface area contributed by atoms with E-state index in [0.29, 0.717) is 5.69 Å². The van der Waals surface area contributed by atoms with Crippen molar-refractivity contribution in [1.82, 2.24) is 20.3 Å². The Balaban J connectivity index is 1.87. The molecule has 1 amide bonds. The minimum atomic E-state index is -0.254. The summed E-state index contributed by atoms with van der Waals surface area (Å²) in [7, 11) is 1.76. The van der Waals surface area contributed by atoms with Crippen molar-refractivity contribution >= 4 is 5.91 Å². The van der Waals surface area contributed by atoms with Crippen LogP contribution < -0.4 is 5.32 Å². The van der Waals surface area contributed by atoms with Gasteiger partial charge in [0.15, 0.2) is 5.69 Å². The summed E-state index contributed by atoms with van der Waals surface area (Å²) in [6.45, 7) is 0. The lowest BCUT2D eigenvalue weighted by molar-refractivity contribution is 0.0893. The largest absolute Gasteiger partial charge is 0.341 e. The molecule has 1 fully saturated rings. The molecule has 1 saturated carbocycles. The van der Waals surface area contributed by atoms with E-state index in [1.807, 2.05) is 18.2 Å². The van der Waals surface area contributed by atoms with Gasteiger partial charge in [0.2, 0.25) is 0 Å². The van der Waals surface area contributed by atoms with Crippen molar-refractivity contribution < 1.29 is 4.79 Å². The summed E-state index contributed by atoms with van der Waals surface area (Å²) >= 11 is 0. The van der Waals surface area contributed by atoms with E-state index < -0.39 is 0 Å². The molecule has 1 aliphatic carbocycles. The lowest BCUT2D eigenvalue weighted by Gasteiger charge is -2.30. The summed E-state index contributed by atoms with van der Waals surface area (Å²) in [5.41, 5.74) is 1.29. The van der Waals surface area contributed by atoms with Gasteiger partial charge in [0.1, 0.15) is 0 Å². The van der Waals surface area contributed by atoms with Gasteiger partial charge < -0.3 is 5.32 Å². The molecule has 5 nitrogen and oxygen atoms in total. The van der Waals surface area contributed by atoms with Crippen LogP contribution in [0.3, 0.4) is 0 Å². The van der Waals surface area contributed by atoms with Crippen LogP contribution in [0.2, 0.25) is 0 Å². The molecule has 1 heterocycles. The van der Waals surface area contributed by atoms with Gasteiger partial charge in [0.25, 0.3) is 5.91 Å². The monoisotopic (exact) mass is 270 g/mol. The molecule has 1 N–H and O–H groups in total. The highest BCUT2D eigenvalue weighted by Crippen LogP contribution is 2.38. The maximum atomic E-state index is 12.4. The molecule has 0 saturated heterocycles. The van der Waals surface area contributed by atoms with Crippen LogP contribution in [0.15, 0.2) is 36.5 Å². The van der Waals surface area contributed by atoms with Crippen LogP contribution in [-0.2, 0) is 12.6 Å². The highest BCUT2D eigenvalue weighted by Gasteiger charge is 2.37. The Bertz CT molecular complexity index is 599. The Hall–Kier alpha value is -2.17. The van der Waals surface area contributed by atoms with Gasteiger partial charge in [-0.15, -0.1) is 5.10 Å². The van der Waals surface area contributed by atoms with Crippen molar-refractivity contribution in [1.29, 1.82) is 0 Å². The van der Waals surface area contributed by atoms with E-state index >= 15 is 0 Å². The molecule has 0 atom stereocenters. The zero-order valence-electron chi connectivity index (χ0n) is 11.5. The van der Waals surface area contributed by atoms with Crippen molar-refractivity contribution in [3.63, 3.8) is 0 Å². The van der Waals surface area contributed by atoms with Gasteiger partial charge in [-0.1, -0.05) is 48.4 Å². The van der Waals surface area contributed by atoms with Crippen molar-refractivity contribution in [3.05, 3.63) is 47.8 Å². The molecule has 20 heavy (non-hydrogen) atoms. The number of hydrogen-bond donors (Lipinski definition) is 1. The number of benzene rings is 1. The third kappa shape index (κ3) is 2.31. The molecular formula is C15H18N4O. The fraction of sp³-hybridized carbons (Fsp3) is 0.400. The van der Waals surface area contributed by atoms with Crippen LogP contribution in [0.25, 0.3) is 0 Å². The van der Waals surface area contributed by atoms with E-state index in [1.54, 1.807) is 17.9 Å². The molecule has 1 aliphatic rings. The predicted molar refractivity (Wildman–Crippen MR) is 75.1 cm³/mol. The highest BCUT2D eigenvalue weighted by molar-refractivity contribution is 5.92.